The van der Waals surface area contributed by atoms with E-state index in [0.717, 1.165) is 36.6 Å². The van der Waals surface area contributed by atoms with Crippen LogP contribution in [0.5, 0.6) is 0 Å². The smallest absolute Gasteiger partial charge is 0.320 e. The van der Waals surface area contributed by atoms with Crippen molar-refractivity contribution >= 4 is 23.2 Å². The first kappa shape index (κ1) is 17.9. The summed E-state index contributed by atoms with van der Waals surface area (Å²) in [5.74, 6) is -0.0715. The highest BCUT2D eigenvalue weighted by Crippen LogP contribution is 2.12. The summed E-state index contributed by atoms with van der Waals surface area (Å²) in [7, 11) is 0. The minimum absolute atomic E-state index is 0.121. The molecule has 1 aliphatic heterocycles. The number of hydrogen-bond acceptors (Lipinski definition) is 6. The Morgan fingerprint density at radius 2 is 2.09 bits per heavy atom. The first-order chi connectivity index (χ1) is 11.1. The van der Waals surface area contributed by atoms with Gasteiger partial charge in [-0.1, -0.05) is 6.92 Å². The summed E-state index contributed by atoms with van der Waals surface area (Å²) in [5, 5.41) is 3.05. The first-order valence-corrected chi connectivity index (χ1v) is 9.09. The fraction of sp³-hybridized carbons (Fsp3) is 0.688. The van der Waals surface area contributed by atoms with Crippen molar-refractivity contribution in [3.8, 4) is 0 Å². The maximum absolute atomic E-state index is 12.4. The number of esters is 1. The first-order valence-electron chi connectivity index (χ1n) is 8.21. The molecule has 0 bridgehead atoms. The number of nitrogens with zero attached hydrogens (tertiary/aromatic N) is 3. The van der Waals surface area contributed by atoms with Crippen molar-refractivity contribution in [1.82, 2.24) is 14.8 Å². The summed E-state index contributed by atoms with van der Waals surface area (Å²) in [6.07, 6.45) is 2.15. The molecule has 2 heterocycles. The zero-order valence-electron chi connectivity index (χ0n) is 13.9. The highest BCUT2D eigenvalue weighted by Gasteiger charge is 2.21. The van der Waals surface area contributed by atoms with Crippen molar-refractivity contribution in [2.75, 3.05) is 39.3 Å². The van der Waals surface area contributed by atoms with Gasteiger partial charge in [0.1, 0.15) is 0 Å². The molecule has 1 aromatic heterocycles. The second-order valence-electron chi connectivity index (χ2n) is 5.58. The summed E-state index contributed by atoms with van der Waals surface area (Å²) < 4.78 is 4.98. The van der Waals surface area contributed by atoms with E-state index < -0.39 is 0 Å². The number of hydrogen-bond donors (Lipinski definition) is 0. The van der Waals surface area contributed by atoms with E-state index in [1.165, 1.54) is 0 Å². The molecular weight excluding hydrogens is 314 g/mol. The van der Waals surface area contributed by atoms with Gasteiger partial charge in [-0.15, -0.1) is 11.3 Å². The molecule has 0 aromatic carbocycles. The molecule has 0 saturated carbocycles. The molecule has 23 heavy (non-hydrogen) atoms. The monoisotopic (exact) mass is 339 g/mol. The number of ether oxygens (including phenoxy) is 1. The molecular formula is C16H25N3O3S. The quantitative estimate of drug-likeness (QED) is 0.732. The Morgan fingerprint density at radius 1 is 1.26 bits per heavy atom. The second-order valence-corrected chi connectivity index (χ2v) is 6.52. The maximum Gasteiger partial charge on any atom is 0.320 e. The predicted molar refractivity (Wildman–Crippen MR) is 89.5 cm³/mol. The Labute approximate surface area is 141 Å². The van der Waals surface area contributed by atoms with Crippen LogP contribution in [0.15, 0.2) is 5.38 Å². The summed E-state index contributed by atoms with van der Waals surface area (Å²) in [5.41, 5.74) is 0.865. The van der Waals surface area contributed by atoms with E-state index in [2.05, 4.69) is 16.8 Å². The van der Waals surface area contributed by atoms with Crippen LogP contribution in [0, 0.1) is 0 Å². The SMILES string of the molecule is CCOC(=O)CN1CCCN(C(=O)Cc2csc(CC)n2)CC1. The molecule has 128 valence electrons. The third-order valence-electron chi connectivity index (χ3n) is 3.83. The molecule has 0 N–H and O–H groups in total. The second kappa shape index (κ2) is 8.98. The molecule has 0 atom stereocenters. The minimum atomic E-state index is -0.193. The highest BCUT2D eigenvalue weighted by atomic mass is 32.1. The van der Waals surface area contributed by atoms with Gasteiger partial charge in [0.15, 0.2) is 0 Å². The Balaban J connectivity index is 1.82. The Bertz CT molecular complexity index is 532. The average molecular weight is 339 g/mol. The molecule has 1 fully saturated rings. The Kier molecular flexibility index (Phi) is 6.98. The average Bonchev–Trinajstić information content (AvgIpc) is 2.85. The number of carbonyl (C=O) groups is 2. The number of amides is 1. The van der Waals surface area contributed by atoms with E-state index in [0.29, 0.717) is 32.7 Å². The number of aromatic nitrogens is 1. The molecule has 1 aromatic rings. The van der Waals surface area contributed by atoms with Gasteiger partial charge in [0, 0.05) is 31.6 Å². The standard InChI is InChI=1S/C16H25N3O3S/c1-3-14-17-13(12-23-14)10-15(20)19-7-5-6-18(8-9-19)11-16(21)22-4-2/h12H,3-11H2,1-2H3. The van der Waals surface area contributed by atoms with Crippen molar-refractivity contribution in [1.29, 1.82) is 0 Å². The zero-order chi connectivity index (χ0) is 16.7. The zero-order valence-corrected chi connectivity index (χ0v) is 14.7. The molecule has 6 nitrogen and oxygen atoms in total. The predicted octanol–water partition coefficient (Wildman–Crippen LogP) is 1.35. The van der Waals surface area contributed by atoms with Crippen molar-refractivity contribution in [3.63, 3.8) is 0 Å². The van der Waals surface area contributed by atoms with Crippen molar-refractivity contribution < 1.29 is 14.3 Å². The number of carbonyl (C=O) groups excluding carboxylic acids is 2. The topological polar surface area (TPSA) is 62.7 Å². The molecule has 0 unspecified atom stereocenters. The lowest BCUT2D eigenvalue weighted by atomic mass is 10.3. The molecule has 0 aliphatic carbocycles. The molecule has 0 spiro atoms. The number of rotatable bonds is 6. The minimum Gasteiger partial charge on any atom is -0.465 e. The van der Waals surface area contributed by atoms with Gasteiger partial charge in [-0.05, 0) is 19.8 Å². The van der Waals surface area contributed by atoms with Gasteiger partial charge in [0.2, 0.25) is 5.91 Å². The fourth-order valence-electron chi connectivity index (χ4n) is 2.63. The maximum atomic E-state index is 12.4. The fourth-order valence-corrected chi connectivity index (χ4v) is 3.37. The number of aryl methyl sites for hydroxylation is 1. The molecule has 1 aliphatic rings. The van der Waals surface area contributed by atoms with E-state index in [1.54, 1.807) is 11.3 Å². The summed E-state index contributed by atoms with van der Waals surface area (Å²) in [4.78, 5) is 32.4. The van der Waals surface area contributed by atoms with Crippen LogP contribution in [0.25, 0.3) is 0 Å². The van der Waals surface area contributed by atoms with Gasteiger partial charge in [0.05, 0.1) is 30.3 Å². The number of thiazole rings is 1. The largest absolute Gasteiger partial charge is 0.465 e. The molecule has 1 amide bonds. The lowest BCUT2D eigenvalue weighted by Gasteiger charge is -2.21. The van der Waals surface area contributed by atoms with Crippen molar-refractivity contribution in [3.05, 3.63) is 16.1 Å². The van der Waals surface area contributed by atoms with Crippen LogP contribution >= 0.6 is 11.3 Å². The lowest BCUT2D eigenvalue weighted by molar-refractivity contribution is -0.144. The Morgan fingerprint density at radius 3 is 2.78 bits per heavy atom. The third-order valence-corrected chi connectivity index (χ3v) is 4.88. The van der Waals surface area contributed by atoms with E-state index in [1.807, 2.05) is 17.2 Å². The van der Waals surface area contributed by atoms with E-state index >= 15 is 0 Å². The third kappa shape index (κ3) is 5.58. The van der Waals surface area contributed by atoms with Crippen LogP contribution in [-0.2, 0) is 27.2 Å². The van der Waals surface area contributed by atoms with Gasteiger partial charge in [-0.25, -0.2) is 4.98 Å². The van der Waals surface area contributed by atoms with E-state index in [9.17, 15) is 9.59 Å². The van der Waals surface area contributed by atoms with Gasteiger partial charge >= 0.3 is 5.97 Å². The van der Waals surface area contributed by atoms with Crippen LogP contribution in [0.4, 0.5) is 0 Å². The van der Waals surface area contributed by atoms with Crippen LogP contribution < -0.4 is 0 Å². The Hall–Kier alpha value is -1.47. The van der Waals surface area contributed by atoms with Crippen LogP contribution in [0.3, 0.4) is 0 Å². The molecule has 2 rings (SSSR count). The molecule has 1 saturated heterocycles. The summed E-state index contributed by atoms with van der Waals surface area (Å²) >= 11 is 1.61. The summed E-state index contributed by atoms with van der Waals surface area (Å²) in [6, 6.07) is 0. The normalized spacial score (nSPS) is 16.2. The molecule has 7 heteroatoms. The van der Waals surface area contributed by atoms with Gasteiger partial charge in [-0.2, -0.15) is 0 Å². The van der Waals surface area contributed by atoms with Crippen LogP contribution in [0.2, 0.25) is 0 Å². The van der Waals surface area contributed by atoms with Crippen LogP contribution in [-0.4, -0.2) is 66.0 Å². The van der Waals surface area contributed by atoms with Gasteiger partial charge in [-0.3, -0.25) is 14.5 Å². The molecule has 0 radical (unpaired) electrons. The van der Waals surface area contributed by atoms with Gasteiger partial charge in [0.25, 0.3) is 0 Å². The van der Waals surface area contributed by atoms with Crippen molar-refractivity contribution in [2.24, 2.45) is 0 Å². The highest BCUT2D eigenvalue weighted by molar-refractivity contribution is 7.09. The van der Waals surface area contributed by atoms with Crippen molar-refractivity contribution in [2.45, 2.75) is 33.1 Å². The van der Waals surface area contributed by atoms with E-state index in [-0.39, 0.29) is 11.9 Å². The summed E-state index contributed by atoms with van der Waals surface area (Å²) in [6.45, 7) is 7.51. The van der Waals surface area contributed by atoms with Crippen LogP contribution in [0.1, 0.15) is 31.0 Å². The van der Waals surface area contributed by atoms with E-state index in [4.69, 9.17) is 4.74 Å². The lowest BCUT2D eigenvalue weighted by Crippen LogP contribution is -2.37. The van der Waals surface area contributed by atoms with Gasteiger partial charge < -0.3 is 9.64 Å².